The molecule has 0 spiro atoms. The van der Waals surface area contributed by atoms with Crippen LogP contribution in [0.4, 0.5) is 0 Å². The molecule has 8 heteroatoms. The highest BCUT2D eigenvalue weighted by Gasteiger charge is 2.26. The SMILES string of the molecule is CCc1ccc(-n2c(SCC(=O)N3C[C@@H](C)C[C@H](C)C3)nc3n[nH]c(C)c3c2=N)cc1. The van der Waals surface area contributed by atoms with Gasteiger partial charge in [-0.05, 0) is 49.3 Å². The Balaban J connectivity index is 1.67. The average Bonchev–Trinajstić information content (AvgIpc) is 3.12. The molecule has 0 bridgehead atoms. The molecule has 0 unspecified atom stereocenters. The van der Waals surface area contributed by atoms with Gasteiger partial charge in [-0.3, -0.25) is 19.9 Å². The molecule has 3 aromatic rings. The number of aromatic nitrogens is 4. The Kier molecular flexibility index (Phi) is 6.18. The Morgan fingerprint density at radius 1 is 1.23 bits per heavy atom. The van der Waals surface area contributed by atoms with Crippen LogP contribution in [-0.2, 0) is 11.2 Å². The first kappa shape index (κ1) is 21.6. The first-order chi connectivity index (χ1) is 14.9. The van der Waals surface area contributed by atoms with Gasteiger partial charge in [0.1, 0.15) is 5.49 Å². The standard InChI is InChI=1S/C23H30N6OS/c1-5-17-6-8-18(9-7-17)29-21(24)20-16(4)26-27-22(20)25-23(29)31-13-19(30)28-11-14(2)10-15(3)12-28/h6-9,14-15,24H,5,10-13H2,1-4H3,(H,26,27)/t14-,15-/m0/s1. The van der Waals surface area contributed by atoms with Crippen molar-refractivity contribution in [3.05, 3.63) is 41.0 Å². The summed E-state index contributed by atoms with van der Waals surface area (Å²) in [5.74, 6) is 1.48. The largest absolute Gasteiger partial charge is 0.341 e. The van der Waals surface area contributed by atoms with E-state index in [0.29, 0.717) is 39.3 Å². The number of aromatic amines is 1. The number of piperidine rings is 1. The third-order valence-corrected chi connectivity index (χ3v) is 6.85. The van der Waals surface area contributed by atoms with E-state index in [0.717, 1.165) is 30.9 Å². The lowest BCUT2D eigenvalue weighted by atomic mass is 9.92. The van der Waals surface area contributed by atoms with Crippen molar-refractivity contribution in [1.82, 2.24) is 24.6 Å². The number of aryl methyl sites for hydroxylation is 2. The number of likely N-dealkylation sites (tertiary alicyclic amines) is 1. The van der Waals surface area contributed by atoms with Gasteiger partial charge in [0.05, 0.1) is 11.1 Å². The van der Waals surface area contributed by atoms with Crippen molar-refractivity contribution >= 4 is 28.7 Å². The first-order valence-electron chi connectivity index (χ1n) is 10.9. The van der Waals surface area contributed by atoms with Crippen molar-refractivity contribution < 1.29 is 4.79 Å². The Hall–Kier alpha value is -2.61. The predicted octanol–water partition coefficient (Wildman–Crippen LogP) is 3.70. The highest BCUT2D eigenvalue weighted by Crippen LogP contribution is 2.25. The summed E-state index contributed by atoms with van der Waals surface area (Å²) in [4.78, 5) is 19.6. The topological polar surface area (TPSA) is 90.7 Å². The van der Waals surface area contributed by atoms with Crippen molar-refractivity contribution in [3.63, 3.8) is 0 Å². The van der Waals surface area contributed by atoms with E-state index in [1.165, 1.54) is 23.7 Å². The molecular weight excluding hydrogens is 408 g/mol. The lowest BCUT2D eigenvalue weighted by molar-refractivity contribution is -0.130. The van der Waals surface area contributed by atoms with Gasteiger partial charge >= 0.3 is 0 Å². The van der Waals surface area contributed by atoms with Crippen LogP contribution in [0.25, 0.3) is 16.7 Å². The molecule has 31 heavy (non-hydrogen) atoms. The average molecular weight is 439 g/mol. The molecular formula is C23H30N6OS. The lowest BCUT2D eigenvalue weighted by Crippen LogP contribution is -2.43. The van der Waals surface area contributed by atoms with Gasteiger partial charge in [-0.25, -0.2) is 4.98 Å². The second kappa shape index (κ2) is 8.86. The molecule has 0 saturated carbocycles. The number of hydrogen-bond acceptors (Lipinski definition) is 5. The van der Waals surface area contributed by atoms with Gasteiger partial charge in [0.25, 0.3) is 0 Å². The van der Waals surface area contributed by atoms with Crippen LogP contribution in [0.5, 0.6) is 0 Å². The molecule has 2 aromatic heterocycles. The van der Waals surface area contributed by atoms with Crippen molar-refractivity contribution in [3.8, 4) is 5.69 Å². The van der Waals surface area contributed by atoms with E-state index in [4.69, 9.17) is 10.4 Å². The number of fused-ring (bicyclic) bond motifs is 1. The van der Waals surface area contributed by atoms with Crippen LogP contribution >= 0.6 is 11.8 Å². The molecule has 2 atom stereocenters. The Labute approximate surface area is 186 Å². The molecule has 1 aromatic carbocycles. The van der Waals surface area contributed by atoms with Crippen molar-refractivity contribution in [2.45, 2.75) is 45.7 Å². The second-order valence-electron chi connectivity index (χ2n) is 8.68. The molecule has 2 N–H and O–H groups in total. The number of hydrogen-bond donors (Lipinski definition) is 2. The zero-order chi connectivity index (χ0) is 22.1. The van der Waals surface area contributed by atoms with Crippen LogP contribution in [0, 0.1) is 24.2 Å². The maximum atomic E-state index is 12.9. The Morgan fingerprint density at radius 3 is 2.55 bits per heavy atom. The molecule has 3 heterocycles. The van der Waals surface area contributed by atoms with E-state index in [-0.39, 0.29) is 5.91 Å². The van der Waals surface area contributed by atoms with E-state index in [1.807, 2.05) is 28.5 Å². The van der Waals surface area contributed by atoms with Crippen LogP contribution in [0.1, 0.15) is 38.4 Å². The van der Waals surface area contributed by atoms with Crippen LogP contribution in [0.15, 0.2) is 29.4 Å². The van der Waals surface area contributed by atoms with E-state index in [9.17, 15) is 4.79 Å². The fourth-order valence-electron chi connectivity index (χ4n) is 4.43. The first-order valence-corrected chi connectivity index (χ1v) is 11.9. The van der Waals surface area contributed by atoms with Crippen molar-refractivity contribution in [2.24, 2.45) is 11.8 Å². The van der Waals surface area contributed by atoms with Gasteiger partial charge < -0.3 is 4.90 Å². The summed E-state index contributed by atoms with van der Waals surface area (Å²) in [7, 11) is 0. The van der Waals surface area contributed by atoms with Crippen LogP contribution in [0.2, 0.25) is 0 Å². The number of carbonyl (C=O) groups is 1. The minimum absolute atomic E-state index is 0.128. The zero-order valence-corrected chi connectivity index (χ0v) is 19.4. The Morgan fingerprint density at radius 2 is 1.90 bits per heavy atom. The van der Waals surface area contributed by atoms with Crippen molar-refractivity contribution in [2.75, 3.05) is 18.8 Å². The minimum atomic E-state index is 0.128. The minimum Gasteiger partial charge on any atom is -0.341 e. The van der Waals surface area contributed by atoms with E-state index >= 15 is 0 Å². The van der Waals surface area contributed by atoms with Crippen molar-refractivity contribution in [1.29, 1.82) is 5.41 Å². The van der Waals surface area contributed by atoms with Crippen LogP contribution in [-0.4, -0.2) is 49.4 Å². The number of amides is 1. The summed E-state index contributed by atoms with van der Waals surface area (Å²) >= 11 is 1.38. The fraction of sp³-hybridized carbons (Fsp3) is 0.478. The van der Waals surface area contributed by atoms with Gasteiger partial charge in [0, 0.05) is 24.5 Å². The van der Waals surface area contributed by atoms with E-state index in [2.05, 4.69) is 43.1 Å². The number of carbonyl (C=O) groups excluding carboxylic acids is 1. The molecule has 0 radical (unpaired) electrons. The summed E-state index contributed by atoms with van der Waals surface area (Å²) in [6.45, 7) is 10.1. The maximum Gasteiger partial charge on any atom is 0.233 e. The van der Waals surface area contributed by atoms with Crippen LogP contribution in [0.3, 0.4) is 0 Å². The second-order valence-corrected chi connectivity index (χ2v) is 9.62. The summed E-state index contributed by atoms with van der Waals surface area (Å²) < 4.78 is 1.82. The normalized spacial score (nSPS) is 19.2. The molecule has 1 aliphatic rings. The molecule has 164 valence electrons. The van der Waals surface area contributed by atoms with Gasteiger partial charge in [-0.15, -0.1) is 0 Å². The number of rotatable bonds is 5. The monoisotopic (exact) mass is 438 g/mol. The summed E-state index contributed by atoms with van der Waals surface area (Å²) in [6, 6.07) is 8.17. The molecule has 1 fully saturated rings. The lowest BCUT2D eigenvalue weighted by Gasteiger charge is -2.35. The summed E-state index contributed by atoms with van der Waals surface area (Å²) in [5.41, 5.74) is 3.76. The van der Waals surface area contributed by atoms with Crippen LogP contribution < -0.4 is 5.49 Å². The molecule has 1 amide bonds. The number of thioether (sulfide) groups is 1. The number of nitrogens with zero attached hydrogens (tertiary/aromatic N) is 4. The third kappa shape index (κ3) is 4.39. The molecule has 7 nitrogen and oxygen atoms in total. The van der Waals surface area contributed by atoms with E-state index < -0.39 is 0 Å². The van der Waals surface area contributed by atoms with Gasteiger partial charge in [0.2, 0.25) is 5.91 Å². The highest BCUT2D eigenvalue weighted by molar-refractivity contribution is 7.99. The quantitative estimate of drug-likeness (QED) is 0.469. The fourth-order valence-corrected chi connectivity index (χ4v) is 5.34. The number of H-pyrrole nitrogens is 1. The van der Waals surface area contributed by atoms with Gasteiger partial charge in [-0.1, -0.05) is 44.7 Å². The van der Waals surface area contributed by atoms with E-state index in [1.54, 1.807) is 0 Å². The molecule has 1 saturated heterocycles. The maximum absolute atomic E-state index is 12.9. The third-order valence-electron chi connectivity index (χ3n) is 5.93. The number of nitrogens with one attached hydrogen (secondary N) is 2. The number of benzene rings is 1. The van der Waals surface area contributed by atoms with Gasteiger partial charge in [-0.2, -0.15) is 5.10 Å². The Bertz CT molecular complexity index is 1140. The zero-order valence-electron chi connectivity index (χ0n) is 18.6. The molecule has 0 aliphatic carbocycles. The smallest absolute Gasteiger partial charge is 0.233 e. The highest BCUT2D eigenvalue weighted by atomic mass is 32.2. The predicted molar refractivity (Wildman–Crippen MR) is 123 cm³/mol. The summed E-state index contributed by atoms with van der Waals surface area (Å²) in [5, 5.41) is 17.4. The summed E-state index contributed by atoms with van der Waals surface area (Å²) in [6.07, 6.45) is 2.13. The molecule has 1 aliphatic heterocycles. The molecule has 4 rings (SSSR count). The van der Waals surface area contributed by atoms with Gasteiger partial charge in [0.15, 0.2) is 10.8 Å².